The molecule has 1 saturated heterocycles. The Morgan fingerprint density at radius 3 is 2.90 bits per heavy atom. The van der Waals surface area contributed by atoms with Gasteiger partial charge in [0.1, 0.15) is 11.5 Å². The second-order valence-corrected chi connectivity index (χ2v) is 4.73. The number of hydrogen-bond acceptors (Lipinski definition) is 5. The summed E-state index contributed by atoms with van der Waals surface area (Å²) in [5.41, 5.74) is 0.281. The molecule has 2 rings (SSSR count). The summed E-state index contributed by atoms with van der Waals surface area (Å²) < 4.78 is 0. The highest BCUT2D eigenvalue weighted by molar-refractivity contribution is 5.92. The largest absolute Gasteiger partial charge is 0.369 e. The van der Waals surface area contributed by atoms with Crippen LogP contribution in [0.3, 0.4) is 0 Å². The van der Waals surface area contributed by atoms with Crippen LogP contribution in [0.15, 0.2) is 12.4 Å². The first-order valence-electron chi connectivity index (χ1n) is 6.82. The lowest BCUT2D eigenvalue weighted by Crippen LogP contribution is -2.47. The van der Waals surface area contributed by atoms with Crippen molar-refractivity contribution in [2.45, 2.75) is 32.2 Å². The number of piperidine rings is 1. The lowest BCUT2D eigenvalue weighted by molar-refractivity contribution is -0.122. The molecule has 1 atom stereocenters. The summed E-state index contributed by atoms with van der Waals surface area (Å²) >= 11 is 0. The number of amides is 2. The second kappa shape index (κ2) is 6.83. The Morgan fingerprint density at radius 1 is 1.45 bits per heavy atom. The van der Waals surface area contributed by atoms with Gasteiger partial charge in [-0.15, -0.1) is 0 Å². The Hall–Kier alpha value is -2.18. The van der Waals surface area contributed by atoms with Crippen molar-refractivity contribution in [3.8, 4) is 0 Å². The Kier molecular flexibility index (Phi) is 4.86. The van der Waals surface area contributed by atoms with E-state index in [1.54, 1.807) is 6.20 Å². The maximum absolute atomic E-state index is 12.0. The highest BCUT2D eigenvalue weighted by Gasteiger charge is 2.20. The molecular formula is C13H19N5O2. The highest BCUT2D eigenvalue weighted by atomic mass is 16.2. The molecule has 1 aliphatic heterocycles. The second-order valence-electron chi connectivity index (χ2n) is 4.73. The monoisotopic (exact) mass is 277 g/mol. The lowest BCUT2D eigenvalue weighted by atomic mass is 10.1. The molecule has 0 spiro atoms. The Balaban J connectivity index is 1.87. The molecule has 7 nitrogen and oxygen atoms in total. The van der Waals surface area contributed by atoms with Crippen molar-refractivity contribution < 1.29 is 9.59 Å². The van der Waals surface area contributed by atoms with E-state index in [9.17, 15) is 9.59 Å². The number of carbonyl (C=O) groups excluding carboxylic acids is 2. The van der Waals surface area contributed by atoms with Crippen LogP contribution in [-0.4, -0.2) is 40.9 Å². The molecule has 0 radical (unpaired) electrons. The fourth-order valence-electron chi connectivity index (χ4n) is 1.90. The number of hydrogen-bond donors (Lipinski definition) is 3. The Morgan fingerprint density at radius 2 is 2.30 bits per heavy atom. The summed E-state index contributed by atoms with van der Waals surface area (Å²) in [7, 11) is 0. The van der Waals surface area contributed by atoms with Crippen LogP contribution in [0.25, 0.3) is 0 Å². The van der Waals surface area contributed by atoms with E-state index < -0.39 is 0 Å². The summed E-state index contributed by atoms with van der Waals surface area (Å²) in [4.78, 5) is 31.2. The van der Waals surface area contributed by atoms with Gasteiger partial charge in [-0.25, -0.2) is 9.97 Å². The number of rotatable bonds is 5. The average Bonchev–Trinajstić information content (AvgIpc) is 2.48. The van der Waals surface area contributed by atoms with Crippen molar-refractivity contribution in [3.05, 3.63) is 18.1 Å². The van der Waals surface area contributed by atoms with E-state index in [-0.39, 0.29) is 23.6 Å². The van der Waals surface area contributed by atoms with E-state index in [4.69, 9.17) is 0 Å². The van der Waals surface area contributed by atoms with Gasteiger partial charge in [-0.3, -0.25) is 9.59 Å². The zero-order valence-electron chi connectivity index (χ0n) is 11.5. The van der Waals surface area contributed by atoms with Crippen LogP contribution in [0.4, 0.5) is 5.82 Å². The minimum absolute atomic E-state index is 0.0293. The van der Waals surface area contributed by atoms with Gasteiger partial charge in [0.05, 0.1) is 12.4 Å². The van der Waals surface area contributed by atoms with Crippen LogP contribution in [0.1, 0.15) is 36.7 Å². The van der Waals surface area contributed by atoms with Crippen LogP contribution in [-0.2, 0) is 4.79 Å². The smallest absolute Gasteiger partial charge is 0.271 e. The first-order chi connectivity index (χ1) is 9.69. The van der Waals surface area contributed by atoms with Crippen LogP contribution in [0, 0.1) is 0 Å². The number of anilines is 1. The van der Waals surface area contributed by atoms with E-state index in [0.29, 0.717) is 25.2 Å². The first-order valence-corrected chi connectivity index (χ1v) is 6.82. The summed E-state index contributed by atoms with van der Waals surface area (Å²) in [6.07, 6.45) is 5.09. The molecule has 2 amide bonds. The van der Waals surface area contributed by atoms with Crippen molar-refractivity contribution in [2.24, 2.45) is 0 Å². The number of carbonyl (C=O) groups is 2. The number of nitrogens with zero attached hydrogens (tertiary/aromatic N) is 2. The van der Waals surface area contributed by atoms with E-state index in [2.05, 4.69) is 32.8 Å². The van der Waals surface area contributed by atoms with E-state index in [0.717, 1.165) is 13.0 Å². The van der Waals surface area contributed by atoms with Gasteiger partial charge in [0.25, 0.3) is 5.91 Å². The predicted molar refractivity (Wildman–Crippen MR) is 74.3 cm³/mol. The average molecular weight is 277 g/mol. The quantitative estimate of drug-likeness (QED) is 0.719. The minimum atomic E-state index is -0.263. The van der Waals surface area contributed by atoms with E-state index in [1.807, 2.05) is 0 Å². The third-order valence-electron chi connectivity index (χ3n) is 3.04. The molecule has 1 unspecified atom stereocenters. The SMILES string of the molecule is CCCNc1cnc(C(=O)NC2CCC(=O)NC2)cn1. The van der Waals surface area contributed by atoms with Crippen LogP contribution < -0.4 is 16.0 Å². The molecule has 7 heteroatoms. The normalized spacial score (nSPS) is 18.2. The number of aromatic nitrogens is 2. The first kappa shape index (κ1) is 14.2. The highest BCUT2D eigenvalue weighted by Crippen LogP contribution is 2.05. The number of nitrogens with one attached hydrogen (secondary N) is 3. The molecule has 0 aliphatic carbocycles. The van der Waals surface area contributed by atoms with Crippen LogP contribution >= 0.6 is 0 Å². The molecule has 0 saturated carbocycles. The van der Waals surface area contributed by atoms with Crippen molar-refractivity contribution in [1.82, 2.24) is 20.6 Å². The molecule has 3 N–H and O–H groups in total. The third kappa shape index (κ3) is 3.91. The molecule has 1 aromatic rings. The molecular weight excluding hydrogens is 258 g/mol. The van der Waals surface area contributed by atoms with Gasteiger partial charge in [0.2, 0.25) is 5.91 Å². The van der Waals surface area contributed by atoms with Gasteiger partial charge >= 0.3 is 0 Å². The molecule has 1 aromatic heterocycles. The van der Waals surface area contributed by atoms with Gasteiger partial charge in [-0.2, -0.15) is 0 Å². The topological polar surface area (TPSA) is 96.0 Å². The van der Waals surface area contributed by atoms with Crippen molar-refractivity contribution >= 4 is 17.6 Å². The van der Waals surface area contributed by atoms with Crippen molar-refractivity contribution in [2.75, 3.05) is 18.4 Å². The fraction of sp³-hybridized carbons (Fsp3) is 0.538. The summed E-state index contributed by atoms with van der Waals surface area (Å²) in [6.45, 7) is 3.35. The van der Waals surface area contributed by atoms with Crippen molar-refractivity contribution in [1.29, 1.82) is 0 Å². The molecule has 1 fully saturated rings. The van der Waals surface area contributed by atoms with E-state index in [1.165, 1.54) is 6.20 Å². The van der Waals surface area contributed by atoms with Gasteiger partial charge in [-0.05, 0) is 12.8 Å². The summed E-state index contributed by atoms with van der Waals surface area (Å²) in [5, 5.41) is 8.66. The van der Waals surface area contributed by atoms with Gasteiger partial charge in [0, 0.05) is 25.6 Å². The maximum atomic E-state index is 12.0. The Bertz CT molecular complexity index is 464. The van der Waals surface area contributed by atoms with Crippen LogP contribution in [0.2, 0.25) is 0 Å². The molecule has 2 heterocycles. The molecule has 20 heavy (non-hydrogen) atoms. The lowest BCUT2D eigenvalue weighted by Gasteiger charge is -2.23. The maximum Gasteiger partial charge on any atom is 0.271 e. The van der Waals surface area contributed by atoms with Crippen molar-refractivity contribution in [3.63, 3.8) is 0 Å². The Labute approximate surface area is 117 Å². The zero-order chi connectivity index (χ0) is 14.4. The predicted octanol–water partition coefficient (Wildman–Crippen LogP) is 0.307. The molecule has 108 valence electrons. The molecule has 1 aliphatic rings. The van der Waals surface area contributed by atoms with Gasteiger partial charge in [0.15, 0.2) is 0 Å². The van der Waals surface area contributed by atoms with Gasteiger partial charge in [-0.1, -0.05) is 6.92 Å². The van der Waals surface area contributed by atoms with Gasteiger partial charge < -0.3 is 16.0 Å². The van der Waals surface area contributed by atoms with E-state index >= 15 is 0 Å². The fourth-order valence-corrected chi connectivity index (χ4v) is 1.90. The summed E-state index contributed by atoms with van der Waals surface area (Å²) in [6, 6.07) is -0.0418. The summed E-state index contributed by atoms with van der Waals surface area (Å²) in [5.74, 6) is 0.427. The molecule has 0 bridgehead atoms. The zero-order valence-corrected chi connectivity index (χ0v) is 11.5. The standard InChI is InChI=1S/C13H19N5O2/c1-2-5-14-11-8-15-10(7-16-11)13(20)18-9-3-4-12(19)17-6-9/h7-9H,2-6H2,1H3,(H,14,16)(H,17,19)(H,18,20). The minimum Gasteiger partial charge on any atom is -0.369 e. The molecule has 0 aromatic carbocycles. The third-order valence-corrected chi connectivity index (χ3v) is 3.04. The van der Waals surface area contributed by atoms with Crippen LogP contribution in [0.5, 0.6) is 0 Å².